The van der Waals surface area contributed by atoms with Crippen LogP contribution in [0.2, 0.25) is 10.0 Å². The Bertz CT molecular complexity index is 488. The van der Waals surface area contributed by atoms with Crippen LogP contribution in [0.25, 0.3) is 0 Å². The molecule has 1 saturated carbocycles. The van der Waals surface area contributed by atoms with Crippen LogP contribution >= 0.6 is 35.6 Å². The third kappa shape index (κ3) is 5.03. The van der Waals surface area contributed by atoms with Crippen LogP contribution in [0.3, 0.4) is 0 Å². The lowest BCUT2D eigenvalue weighted by atomic mass is 9.98. The van der Waals surface area contributed by atoms with Crippen molar-refractivity contribution in [2.75, 3.05) is 6.54 Å². The third-order valence-corrected chi connectivity index (χ3v) is 4.46. The number of benzene rings is 1. The van der Waals surface area contributed by atoms with Gasteiger partial charge in [-0.2, -0.15) is 0 Å². The molecule has 0 atom stereocenters. The van der Waals surface area contributed by atoms with Crippen molar-refractivity contribution in [3.63, 3.8) is 0 Å². The molecule has 1 aliphatic rings. The van der Waals surface area contributed by atoms with Gasteiger partial charge in [0, 0.05) is 16.6 Å². The van der Waals surface area contributed by atoms with E-state index in [1.165, 1.54) is 0 Å². The number of nitrogens with two attached hydrogens (primary N) is 1. The Labute approximate surface area is 142 Å². The van der Waals surface area contributed by atoms with Gasteiger partial charge in [0.1, 0.15) is 0 Å². The molecule has 1 amide bonds. The molecule has 21 heavy (non-hydrogen) atoms. The average molecular weight is 352 g/mol. The third-order valence-electron chi connectivity index (χ3n) is 3.87. The van der Waals surface area contributed by atoms with Gasteiger partial charge in [-0.1, -0.05) is 42.1 Å². The molecule has 1 fully saturated rings. The number of halogens is 3. The van der Waals surface area contributed by atoms with Crippen molar-refractivity contribution < 1.29 is 4.79 Å². The first-order valence-electron chi connectivity index (χ1n) is 7.02. The van der Waals surface area contributed by atoms with Crippen LogP contribution in [0.1, 0.15) is 37.7 Å². The first-order chi connectivity index (χ1) is 9.51. The summed E-state index contributed by atoms with van der Waals surface area (Å²) in [5.74, 6) is -0.0165. The highest BCUT2D eigenvalue weighted by Gasteiger charge is 2.36. The lowest BCUT2D eigenvalue weighted by Crippen LogP contribution is -2.52. The molecule has 1 aliphatic carbocycles. The largest absolute Gasteiger partial charge is 0.354 e. The predicted molar refractivity (Wildman–Crippen MR) is 90.4 cm³/mol. The van der Waals surface area contributed by atoms with Gasteiger partial charge in [-0.3, -0.25) is 4.79 Å². The molecule has 3 N–H and O–H groups in total. The lowest BCUT2D eigenvalue weighted by molar-refractivity contribution is -0.126. The van der Waals surface area contributed by atoms with Crippen molar-refractivity contribution in [1.29, 1.82) is 0 Å². The zero-order valence-electron chi connectivity index (χ0n) is 11.8. The molecule has 0 aliphatic heterocycles. The van der Waals surface area contributed by atoms with Crippen molar-refractivity contribution in [2.24, 2.45) is 5.73 Å². The standard InChI is InChI=1S/C15H20Cl2N2O.ClH/c16-12-6-5-11(13(17)10-12)4-3-9-19-14(20)15(18)7-1-2-8-15;/h5-6,10H,1-4,7-9,18H2,(H,19,20);1H. The fraction of sp³-hybridized carbons (Fsp3) is 0.533. The fourth-order valence-electron chi connectivity index (χ4n) is 2.61. The van der Waals surface area contributed by atoms with Gasteiger partial charge < -0.3 is 11.1 Å². The van der Waals surface area contributed by atoms with Gasteiger partial charge in [0.25, 0.3) is 0 Å². The number of hydrogen-bond acceptors (Lipinski definition) is 2. The van der Waals surface area contributed by atoms with Crippen LogP contribution in [0.4, 0.5) is 0 Å². The Hall–Kier alpha value is -0.480. The molecular weight excluding hydrogens is 331 g/mol. The van der Waals surface area contributed by atoms with E-state index in [2.05, 4.69) is 5.32 Å². The summed E-state index contributed by atoms with van der Waals surface area (Å²) in [6, 6.07) is 5.49. The number of hydrogen-bond donors (Lipinski definition) is 2. The Morgan fingerprint density at radius 1 is 1.29 bits per heavy atom. The van der Waals surface area contributed by atoms with Gasteiger partial charge in [-0.25, -0.2) is 0 Å². The Kier molecular flexibility index (Phi) is 7.28. The summed E-state index contributed by atoms with van der Waals surface area (Å²) in [6.45, 7) is 0.622. The molecular formula is C15H21Cl3N2O. The predicted octanol–water partition coefficient (Wildman–Crippen LogP) is 3.74. The van der Waals surface area contributed by atoms with Crippen LogP contribution < -0.4 is 11.1 Å². The molecule has 118 valence electrons. The van der Waals surface area contributed by atoms with E-state index in [1.54, 1.807) is 6.07 Å². The van der Waals surface area contributed by atoms with Gasteiger partial charge in [0.2, 0.25) is 5.91 Å². The molecule has 6 heteroatoms. The maximum Gasteiger partial charge on any atom is 0.240 e. The minimum absolute atomic E-state index is 0. The SMILES string of the molecule is Cl.NC1(C(=O)NCCCc2ccc(Cl)cc2Cl)CCCC1. The number of rotatable bonds is 5. The summed E-state index contributed by atoms with van der Waals surface area (Å²) in [4.78, 5) is 12.0. The highest BCUT2D eigenvalue weighted by atomic mass is 35.5. The molecule has 2 rings (SSSR count). The summed E-state index contributed by atoms with van der Waals surface area (Å²) in [6.07, 6.45) is 5.33. The molecule has 1 aromatic carbocycles. The minimum Gasteiger partial charge on any atom is -0.354 e. The molecule has 0 saturated heterocycles. The second kappa shape index (κ2) is 8.23. The van der Waals surface area contributed by atoms with Crippen LogP contribution in [-0.2, 0) is 11.2 Å². The van der Waals surface area contributed by atoms with Gasteiger partial charge >= 0.3 is 0 Å². The van der Waals surface area contributed by atoms with Crippen molar-refractivity contribution >= 4 is 41.5 Å². The first kappa shape index (κ1) is 18.6. The van der Waals surface area contributed by atoms with E-state index >= 15 is 0 Å². The Balaban J connectivity index is 0.00000220. The maximum atomic E-state index is 12.0. The van der Waals surface area contributed by atoms with Gasteiger partial charge in [-0.05, 0) is 43.4 Å². The normalized spacial score (nSPS) is 16.3. The van der Waals surface area contributed by atoms with Gasteiger partial charge in [0.05, 0.1) is 5.54 Å². The highest BCUT2D eigenvalue weighted by molar-refractivity contribution is 6.35. The van der Waals surface area contributed by atoms with Crippen molar-refractivity contribution in [1.82, 2.24) is 5.32 Å². The molecule has 3 nitrogen and oxygen atoms in total. The van der Waals surface area contributed by atoms with Crippen LogP contribution in [-0.4, -0.2) is 18.0 Å². The zero-order chi connectivity index (χ0) is 14.6. The molecule has 0 aromatic heterocycles. The average Bonchev–Trinajstić information content (AvgIpc) is 2.85. The summed E-state index contributed by atoms with van der Waals surface area (Å²) in [5.41, 5.74) is 6.50. The van der Waals surface area contributed by atoms with E-state index < -0.39 is 5.54 Å². The molecule has 0 unspecified atom stereocenters. The summed E-state index contributed by atoms with van der Waals surface area (Å²) in [7, 11) is 0. The second-order valence-electron chi connectivity index (χ2n) is 5.46. The van der Waals surface area contributed by atoms with E-state index in [1.807, 2.05) is 12.1 Å². The molecule has 0 heterocycles. The number of carbonyl (C=O) groups excluding carboxylic acids is 1. The lowest BCUT2D eigenvalue weighted by Gasteiger charge is -2.22. The van der Waals surface area contributed by atoms with Crippen molar-refractivity contribution in [3.05, 3.63) is 33.8 Å². The monoisotopic (exact) mass is 350 g/mol. The van der Waals surface area contributed by atoms with E-state index in [9.17, 15) is 4.79 Å². The smallest absolute Gasteiger partial charge is 0.240 e. The number of amides is 1. The number of carbonyl (C=O) groups is 1. The fourth-order valence-corrected chi connectivity index (χ4v) is 3.12. The maximum absolute atomic E-state index is 12.0. The van der Waals surface area contributed by atoms with E-state index in [-0.39, 0.29) is 18.3 Å². The van der Waals surface area contributed by atoms with E-state index in [0.29, 0.717) is 16.6 Å². The number of aryl methyl sites for hydroxylation is 1. The second-order valence-corrected chi connectivity index (χ2v) is 6.30. The summed E-state index contributed by atoms with van der Waals surface area (Å²) < 4.78 is 0. The number of nitrogens with one attached hydrogen (secondary N) is 1. The first-order valence-corrected chi connectivity index (χ1v) is 7.78. The Morgan fingerprint density at radius 2 is 1.95 bits per heavy atom. The van der Waals surface area contributed by atoms with Crippen LogP contribution in [0.5, 0.6) is 0 Å². The van der Waals surface area contributed by atoms with Crippen LogP contribution in [0.15, 0.2) is 18.2 Å². The van der Waals surface area contributed by atoms with E-state index in [0.717, 1.165) is 44.1 Å². The van der Waals surface area contributed by atoms with E-state index in [4.69, 9.17) is 28.9 Å². The van der Waals surface area contributed by atoms with Crippen LogP contribution in [0, 0.1) is 0 Å². The van der Waals surface area contributed by atoms with Gasteiger partial charge in [0.15, 0.2) is 0 Å². The van der Waals surface area contributed by atoms with Crippen molar-refractivity contribution in [2.45, 2.75) is 44.1 Å². The molecule has 0 spiro atoms. The molecule has 0 radical (unpaired) electrons. The highest BCUT2D eigenvalue weighted by Crippen LogP contribution is 2.27. The minimum atomic E-state index is -0.641. The zero-order valence-corrected chi connectivity index (χ0v) is 14.2. The molecule has 0 bridgehead atoms. The topological polar surface area (TPSA) is 55.1 Å². The molecule has 1 aromatic rings. The quantitative estimate of drug-likeness (QED) is 0.794. The Morgan fingerprint density at radius 3 is 2.57 bits per heavy atom. The van der Waals surface area contributed by atoms with Crippen molar-refractivity contribution in [3.8, 4) is 0 Å². The van der Waals surface area contributed by atoms with Gasteiger partial charge in [-0.15, -0.1) is 12.4 Å². The summed E-state index contributed by atoms with van der Waals surface area (Å²) in [5, 5.41) is 4.25. The summed E-state index contributed by atoms with van der Waals surface area (Å²) >= 11 is 12.0.